The topological polar surface area (TPSA) is 12.0 Å². The summed E-state index contributed by atoms with van der Waals surface area (Å²) >= 11 is 9.82. The van der Waals surface area contributed by atoms with Crippen molar-refractivity contribution in [1.29, 1.82) is 0 Å². The predicted octanol–water partition coefficient (Wildman–Crippen LogP) is 6.36. The van der Waals surface area contributed by atoms with Gasteiger partial charge in [0.25, 0.3) is 0 Å². The Balaban J connectivity index is 2.20. The summed E-state index contributed by atoms with van der Waals surface area (Å²) in [4.78, 5) is 0. The summed E-state index contributed by atoms with van der Waals surface area (Å²) in [5, 5.41) is 4.59. The summed E-state index contributed by atoms with van der Waals surface area (Å²) in [5.41, 5.74) is 1.37. The van der Waals surface area contributed by atoms with Crippen molar-refractivity contribution >= 4 is 27.5 Å². The molecule has 1 aromatic rings. The van der Waals surface area contributed by atoms with Gasteiger partial charge in [0.2, 0.25) is 0 Å². The van der Waals surface area contributed by atoms with Crippen molar-refractivity contribution in [2.75, 3.05) is 6.54 Å². The Morgan fingerprint density at radius 2 is 2.14 bits per heavy atom. The van der Waals surface area contributed by atoms with Crippen molar-refractivity contribution in [3.63, 3.8) is 0 Å². The maximum Gasteiger partial charge on any atom is 0.0417 e. The molecule has 1 aliphatic rings. The third-order valence-electron chi connectivity index (χ3n) is 4.78. The molecule has 118 valence electrons. The minimum atomic E-state index is 0.450. The first kappa shape index (κ1) is 17.3. The molecule has 1 aromatic carbocycles. The standard InChI is InChI=1S/C18H27BrClN/c1-3-10-21-18(14-7-5-6-13(4-2)11-14)16-9-8-15(20)12-17(16)19/h8-9,12-14,18,21H,3-7,10-11H2,1-2H3. The lowest BCUT2D eigenvalue weighted by atomic mass is 9.75. The molecule has 0 amide bonds. The number of hydrogen-bond donors (Lipinski definition) is 1. The van der Waals surface area contributed by atoms with Gasteiger partial charge < -0.3 is 5.32 Å². The normalized spacial score (nSPS) is 24.0. The molecule has 1 N–H and O–H groups in total. The summed E-state index contributed by atoms with van der Waals surface area (Å²) in [6, 6.07) is 6.68. The highest BCUT2D eigenvalue weighted by molar-refractivity contribution is 9.10. The van der Waals surface area contributed by atoms with Crippen LogP contribution < -0.4 is 5.32 Å². The highest BCUT2D eigenvalue weighted by Gasteiger charge is 2.29. The predicted molar refractivity (Wildman–Crippen MR) is 95.9 cm³/mol. The molecule has 1 fully saturated rings. The van der Waals surface area contributed by atoms with Crippen LogP contribution in [0.25, 0.3) is 0 Å². The van der Waals surface area contributed by atoms with Crippen LogP contribution in [-0.4, -0.2) is 6.54 Å². The third-order valence-corrected chi connectivity index (χ3v) is 5.71. The van der Waals surface area contributed by atoms with Gasteiger partial charge in [0, 0.05) is 15.5 Å². The molecule has 0 aromatic heterocycles. The molecular formula is C18H27BrClN. The van der Waals surface area contributed by atoms with Gasteiger partial charge in [-0.3, -0.25) is 0 Å². The van der Waals surface area contributed by atoms with E-state index < -0.39 is 0 Å². The molecule has 0 saturated heterocycles. The van der Waals surface area contributed by atoms with Gasteiger partial charge in [0.05, 0.1) is 0 Å². The Labute approximate surface area is 143 Å². The van der Waals surface area contributed by atoms with E-state index in [1.165, 1.54) is 44.1 Å². The van der Waals surface area contributed by atoms with Crippen LogP contribution in [0.15, 0.2) is 22.7 Å². The van der Waals surface area contributed by atoms with E-state index in [-0.39, 0.29) is 0 Å². The zero-order valence-electron chi connectivity index (χ0n) is 13.2. The van der Waals surface area contributed by atoms with Crippen LogP contribution in [0.3, 0.4) is 0 Å². The second kappa shape index (κ2) is 8.55. The number of benzene rings is 1. The van der Waals surface area contributed by atoms with E-state index >= 15 is 0 Å². The van der Waals surface area contributed by atoms with E-state index in [1.807, 2.05) is 12.1 Å². The van der Waals surface area contributed by atoms with Crippen molar-refractivity contribution in [1.82, 2.24) is 5.32 Å². The summed E-state index contributed by atoms with van der Waals surface area (Å²) in [6.45, 7) is 5.64. The Bertz CT molecular complexity index is 449. The average Bonchev–Trinajstić information content (AvgIpc) is 2.49. The summed E-state index contributed by atoms with van der Waals surface area (Å²) in [5.74, 6) is 1.65. The van der Waals surface area contributed by atoms with Crippen LogP contribution in [0.4, 0.5) is 0 Å². The largest absolute Gasteiger partial charge is 0.310 e. The van der Waals surface area contributed by atoms with Crippen molar-refractivity contribution in [3.8, 4) is 0 Å². The van der Waals surface area contributed by atoms with E-state index in [9.17, 15) is 0 Å². The molecule has 3 heteroatoms. The SMILES string of the molecule is CCCNC(c1ccc(Cl)cc1Br)C1CCCC(CC)C1. The van der Waals surface area contributed by atoms with Crippen molar-refractivity contribution in [2.24, 2.45) is 11.8 Å². The van der Waals surface area contributed by atoms with E-state index in [0.717, 1.165) is 27.9 Å². The number of nitrogens with one attached hydrogen (secondary N) is 1. The minimum Gasteiger partial charge on any atom is -0.310 e. The van der Waals surface area contributed by atoms with Gasteiger partial charge in [-0.15, -0.1) is 0 Å². The molecule has 0 bridgehead atoms. The summed E-state index contributed by atoms with van der Waals surface area (Å²) < 4.78 is 1.14. The van der Waals surface area contributed by atoms with E-state index in [2.05, 4.69) is 41.2 Å². The first-order valence-corrected chi connectivity index (χ1v) is 9.51. The van der Waals surface area contributed by atoms with Crippen molar-refractivity contribution in [2.45, 2.75) is 58.4 Å². The molecule has 1 saturated carbocycles. The average molecular weight is 373 g/mol. The van der Waals surface area contributed by atoms with Crippen LogP contribution in [0.2, 0.25) is 5.02 Å². The lowest BCUT2D eigenvalue weighted by Crippen LogP contribution is -2.32. The quantitative estimate of drug-likeness (QED) is 0.612. The first-order chi connectivity index (χ1) is 10.2. The fourth-order valence-electron chi connectivity index (χ4n) is 3.59. The zero-order valence-corrected chi connectivity index (χ0v) is 15.5. The van der Waals surface area contributed by atoms with Crippen LogP contribution in [0, 0.1) is 11.8 Å². The van der Waals surface area contributed by atoms with E-state index in [1.54, 1.807) is 0 Å². The second-order valence-corrected chi connectivity index (χ2v) is 7.59. The molecule has 0 aliphatic heterocycles. The van der Waals surface area contributed by atoms with Gasteiger partial charge in [-0.2, -0.15) is 0 Å². The summed E-state index contributed by atoms with van der Waals surface area (Å²) in [6.07, 6.45) is 7.97. The van der Waals surface area contributed by atoms with Gasteiger partial charge in [-0.1, -0.05) is 66.7 Å². The number of halogens is 2. The minimum absolute atomic E-state index is 0.450. The fourth-order valence-corrected chi connectivity index (χ4v) is 4.52. The first-order valence-electron chi connectivity index (χ1n) is 8.34. The van der Waals surface area contributed by atoms with Crippen molar-refractivity contribution in [3.05, 3.63) is 33.3 Å². The van der Waals surface area contributed by atoms with Crippen LogP contribution in [0.1, 0.15) is 64.0 Å². The Morgan fingerprint density at radius 1 is 1.33 bits per heavy atom. The van der Waals surface area contributed by atoms with Crippen LogP contribution in [0.5, 0.6) is 0 Å². The maximum absolute atomic E-state index is 6.11. The highest BCUT2D eigenvalue weighted by atomic mass is 79.9. The van der Waals surface area contributed by atoms with Crippen LogP contribution >= 0.6 is 27.5 Å². The van der Waals surface area contributed by atoms with Gasteiger partial charge in [0.1, 0.15) is 0 Å². The van der Waals surface area contributed by atoms with Gasteiger partial charge in [-0.25, -0.2) is 0 Å². The van der Waals surface area contributed by atoms with Gasteiger partial charge >= 0.3 is 0 Å². The monoisotopic (exact) mass is 371 g/mol. The lowest BCUT2D eigenvalue weighted by molar-refractivity contribution is 0.209. The third kappa shape index (κ3) is 4.71. The Hall–Kier alpha value is -0.0500. The molecule has 3 unspecified atom stereocenters. The molecule has 0 heterocycles. The smallest absolute Gasteiger partial charge is 0.0417 e. The molecular weight excluding hydrogens is 346 g/mol. The zero-order chi connectivity index (χ0) is 15.2. The molecule has 1 aliphatic carbocycles. The van der Waals surface area contributed by atoms with Gasteiger partial charge in [0.15, 0.2) is 0 Å². The van der Waals surface area contributed by atoms with Crippen LogP contribution in [-0.2, 0) is 0 Å². The Kier molecular flexibility index (Phi) is 7.04. The maximum atomic E-state index is 6.11. The lowest BCUT2D eigenvalue weighted by Gasteiger charge is -2.35. The second-order valence-electron chi connectivity index (χ2n) is 6.30. The molecule has 3 atom stereocenters. The van der Waals surface area contributed by atoms with E-state index in [4.69, 9.17) is 11.6 Å². The summed E-state index contributed by atoms with van der Waals surface area (Å²) in [7, 11) is 0. The molecule has 21 heavy (non-hydrogen) atoms. The van der Waals surface area contributed by atoms with Gasteiger partial charge in [-0.05, 0) is 55.3 Å². The fraction of sp³-hybridized carbons (Fsp3) is 0.667. The Morgan fingerprint density at radius 3 is 2.81 bits per heavy atom. The van der Waals surface area contributed by atoms with Crippen molar-refractivity contribution < 1.29 is 0 Å². The molecule has 2 rings (SSSR count). The molecule has 1 nitrogen and oxygen atoms in total. The number of hydrogen-bond acceptors (Lipinski definition) is 1. The number of rotatable bonds is 6. The van der Waals surface area contributed by atoms with E-state index in [0.29, 0.717) is 6.04 Å². The molecule has 0 spiro atoms. The highest BCUT2D eigenvalue weighted by Crippen LogP contribution is 2.40. The molecule has 0 radical (unpaired) electrons.